The summed E-state index contributed by atoms with van der Waals surface area (Å²) in [4.78, 5) is 7.97. The predicted molar refractivity (Wildman–Crippen MR) is 63.8 cm³/mol. The molecule has 1 aromatic rings. The van der Waals surface area contributed by atoms with Gasteiger partial charge in [0.1, 0.15) is 18.0 Å². The summed E-state index contributed by atoms with van der Waals surface area (Å²) in [6.07, 6.45) is 5.57. The van der Waals surface area contributed by atoms with Gasteiger partial charge in [-0.15, -0.1) is 0 Å². The van der Waals surface area contributed by atoms with Crippen molar-refractivity contribution in [3.8, 4) is 6.19 Å². The van der Waals surface area contributed by atoms with Gasteiger partial charge >= 0.3 is 0 Å². The molecule has 0 atom stereocenters. The molecular weight excluding hydrogens is 202 g/mol. The van der Waals surface area contributed by atoms with Gasteiger partial charge in [-0.3, -0.25) is 5.32 Å². The van der Waals surface area contributed by atoms with Crippen LogP contribution in [0.25, 0.3) is 0 Å². The minimum Gasteiger partial charge on any atom is -0.370 e. The minimum absolute atomic E-state index is 0.517. The highest BCUT2D eigenvalue weighted by molar-refractivity contribution is 5.48. The molecule has 0 saturated carbocycles. The van der Waals surface area contributed by atoms with Crippen molar-refractivity contribution in [2.75, 3.05) is 17.2 Å². The third-order valence-corrected chi connectivity index (χ3v) is 2.12. The van der Waals surface area contributed by atoms with Gasteiger partial charge in [-0.1, -0.05) is 13.8 Å². The lowest BCUT2D eigenvalue weighted by Gasteiger charge is -2.07. The maximum atomic E-state index is 8.44. The van der Waals surface area contributed by atoms with E-state index in [9.17, 15) is 0 Å². The van der Waals surface area contributed by atoms with E-state index in [0.29, 0.717) is 5.82 Å². The largest absolute Gasteiger partial charge is 0.370 e. The van der Waals surface area contributed by atoms with E-state index in [4.69, 9.17) is 5.26 Å². The highest BCUT2D eigenvalue weighted by Crippen LogP contribution is 2.09. The van der Waals surface area contributed by atoms with Crippen LogP contribution in [0.15, 0.2) is 12.4 Å². The summed E-state index contributed by atoms with van der Waals surface area (Å²) >= 11 is 0. The highest BCUT2D eigenvalue weighted by atomic mass is 15.1. The summed E-state index contributed by atoms with van der Waals surface area (Å²) in [6, 6.07) is 1.72. The zero-order valence-electron chi connectivity index (χ0n) is 9.70. The average Bonchev–Trinajstić information content (AvgIpc) is 2.25. The van der Waals surface area contributed by atoms with E-state index in [1.807, 2.05) is 6.19 Å². The lowest BCUT2D eigenvalue weighted by Crippen LogP contribution is -2.05. The van der Waals surface area contributed by atoms with Crippen molar-refractivity contribution in [1.82, 2.24) is 9.97 Å². The Morgan fingerprint density at radius 3 is 2.81 bits per heavy atom. The van der Waals surface area contributed by atoms with Crippen LogP contribution in [0.1, 0.15) is 26.7 Å². The van der Waals surface area contributed by atoms with Crippen LogP contribution in [0.3, 0.4) is 0 Å². The van der Waals surface area contributed by atoms with Crippen LogP contribution < -0.4 is 10.6 Å². The molecule has 0 aromatic carbocycles. The number of rotatable bonds is 6. The number of nitrogens with zero attached hydrogens (tertiary/aromatic N) is 3. The average molecular weight is 219 g/mol. The molecule has 0 fully saturated rings. The van der Waals surface area contributed by atoms with E-state index in [1.165, 1.54) is 12.7 Å². The zero-order valence-corrected chi connectivity index (χ0v) is 9.70. The second kappa shape index (κ2) is 6.62. The third kappa shape index (κ3) is 4.60. The van der Waals surface area contributed by atoms with Crippen LogP contribution in [-0.2, 0) is 0 Å². The predicted octanol–water partition coefficient (Wildman–Crippen LogP) is 2.22. The van der Waals surface area contributed by atoms with E-state index >= 15 is 0 Å². The van der Waals surface area contributed by atoms with Crippen molar-refractivity contribution < 1.29 is 0 Å². The SMILES string of the molecule is CC(C)CCCNc1cc(NC#N)ncn1. The van der Waals surface area contributed by atoms with Crippen LogP contribution in [-0.4, -0.2) is 16.5 Å². The monoisotopic (exact) mass is 219 g/mol. The second-order valence-corrected chi connectivity index (χ2v) is 3.99. The Hall–Kier alpha value is -1.83. The molecule has 0 aliphatic carbocycles. The van der Waals surface area contributed by atoms with Crippen molar-refractivity contribution in [1.29, 1.82) is 5.26 Å². The van der Waals surface area contributed by atoms with Gasteiger partial charge in [0.15, 0.2) is 6.19 Å². The van der Waals surface area contributed by atoms with E-state index < -0.39 is 0 Å². The van der Waals surface area contributed by atoms with E-state index in [1.54, 1.807) is 6.07 Å². The quantitative estimate of drug-likeness (QED) is 0.436. The van der Waals surface area contributed by atoms with Crippen LogP contribution >= 0.6 is 0 Å². The first-order chi connectivity index (χ1) is 7.72. The molecule has 1 rings (SSSR count). The normalized spacial score (nSPS) is 9.88. The van der Waals surface area contributed by atoms with Crippen LogP contribution in [0.4, 0.5) is 11.6 Å². The first-order valence-electron chi connectivity index (χ1n) is 5.43. The van der Waals surface area contributed by atoms with Crippen LogP contribution in [0.5, 0.6) is 0 Å². The molecule has 5 heteroatoms. The Labute approximate surface area is 95.9 Å². The van der Waals surface area contributed by atoms with Gasteiger partial charge in [-0.25, -0.2) is 9.97 Å². The van der Waals surface area contributed by atoms with Crippen LogP contribution in [0, 0.1) is 17.4 Å². The Bertz CT molecular complexity index is 356. The van der Waals surface area contributed by atoms with Crippen molar-refractivity contribution in [3.63, 3.8) is 0 Å². The second-order valence-electron chi connectivity index (χ2n) is 3.99. The molecule has 2 N–H and O–H groups in total. The van der Waals surface area contributed by atoms with Gasteiger partial charge in [-0.05, 0) is 18.8 Å². The molecule has 5 nitrogen and oxygen atoms in total. The van der Waals surface area contributed by atoms with Crippen molar-refractivity contribution in [2.24, 2.45) is 5.92 Å². The number of anilines is 2. The summed E-state index contributed by atoms with van der Waals surface area (Å²) in [5.74, 6) is 1.99. The highest BCUT2D eigenvalue weighted by Gasteiger charge is 1.98. The first-order valence-corrected chi connectivity index (χ1v) is 5.43. The van der Waals surface area contributed by atoms with E-state index in [-0.39, 0.29) is 0 Å². The molecule has 0 aliphatic rings. The van der Waals surface area contributed by atoms with Gasteiger partial charge in [0, 0.05) is 12.6 Å². The van der Waals surface area contributed by atoms with Crippen LogP contribution in [0.2, 0.25) is 0 Å². The van der Waals surface area contributed by atoms with Gasteiger partial charge in [0.25, 0.3) is 0 Å². The lowest BCUT2D eigenvalue weighted by molar-refractivity contribution is 0.566. The fraction of sp³-hybridized carbons (Fsp3) is 0.545. The molecule has 0 saturated heterocycles. The fourth-order valence-electron chi connectivity index (χ4n) is 1.31. The molecule has 0 aliphatic heterocycles. The maximum Gasteiger partial charge on any atom is 0.182 e. The molecule has 0 bridgehead atoms. The summed E-state index contributed by atoms with van der Waals surface area (Å²) in [5, 5.41) is 14.1. The maximum absolute atomic E-state index is 8.44. The number of nitrogens with one attached hydrogen (secondary N) is 2. The number of hydrogen-bond donors (Lipinski definition) is 2. The smallest absolute Gasteiger partial charge is 0.182 e. The Morgan fingerprint density at radius 2 is 2.12 bits per heavy atom. The zero-order chi connectivity index (χ0) is 11.8. The standard InChI is InChI=1S/C11H17N5/c1-9(2)4-3-5-13-10-6-11(14-7-12)16-8-15-10/h6,8-9H,3-5H2,1-2H3,(H2,13,14,15,16). The summed E-state index contributed by atoms with van der Waals surface area (Å²) in [6.45, 7) is 5.31. The Balaban J connectivity index is 2.36. The molecular formula is C11H17N5. The molecule has 86 valence electrons. The molecule has 0 spiro atoms. The number of nitriles is 1. The first kappa shape index (κ1) is 12.2. The molecule has 1 aromatic heterocycles. The molecule has 16 heavy (non-hydrogen) atoms. The fourth-order valence-corrected chi connectivity index (χ4v) is 1.31. The Morgan fingerprint density at radius 1 is 1.38 bits per heavy atom. The minimum atomic E-state index is 0.517. The number of hydrogen-bond acceptors (Lipinski definition) is 5. The van der Waals surface area contributed by atoms with Gasteiger partial charge < -0.3 is 5.32 Å². The van der Waals surface area contributed by atoms with Crippen molar-refractivity contribution >= 4 is 11.6 Å². The number of aromatic nitrogens is 2. The topological polar surface area (TPSA) is 73.6 Å². The molecule has 0 radical (unpaired) electrons. The molecule has 0 unspecified atom stereocenters. The van der Waals surface area contributed by atoms with Gasteiger partial charge in [0.05, 0.1) is 0 Å². The Kier molecular flexibility index (Phi) is 5.06. The summed E-state index contributed by atoms with van der Waals surface area (Å²) in [7, 11) is 0. The van der Waals surface area contributed by atoms with E-state index in [2.05, 4.69) is 34.4 Å². The van der Waals surface area contributed by atoms with Crippen molar-refractivity contribution in [2.45, 2.75) is 26.7 Å². The molecule has 0 amide bonds. The summed E-state index contributed by atoms with van der Waals surface area (Å²) in [5.41, 5.74) is 0. The summed E-state index contributed by atoms with van der Waals surface area (Å²) < 4.78 is 0. The van der Waals surface area contributed by atoms with Crippen molar-refractivity contribution in [3.05, 3.63) is 12.4 Å². The molecule has 1 heterocycles. The van der Waals surface area contributed by atoms with Gasteiger partial charge in [0.2, 0.25) is 0 Å². The lowest BCUT2D eigenvalue weighted by atomic mass is 10.1. The van der Waals surface area contributed by atoms with E-state index in [0.717, 1.165) is 24.7 Å². The van der Waals surface area contributed by atoms with Gasteiger partial charge in [-0.2, -0.15) is 5.26 Å². The third-order valence-electron chi connectivity index (χ3n) is 2.12.